The van der Waals surface area contributed by atoms with Crippen LogP contribution in [0.2, 0.25) is 0 Å². The van der Waals surface area contributed by atoms with Gasteiger partial charge in [0, 0.05) is 25.5 Å². The van der Waals surface area contributed by atoms with Gasteiger partial charge in [-0.3, -0.25) is 9.13 Å². The number of aromatic nitrogens is 4. The van der Waals surface area contributed by atoms with Crippen LogP contribution in [0.3, 0.4) is 0 Å². The lowest BCUT2D eigenvalue weighted by Gasteiger charge is -2.17. The van der Waals surface area contributed by atoms with Gasteiger partial charge in [0.1, 0.15) is 48.3 Å². The standard InChI is InChI=1S/C21H30N6O10/c28-8-10-14(30)16(32)18(36-10)26-6-2-12(24-20(26)34)22-4-1-5-23-13-3-7-27(21(35)25-13)19-17(33)15(31)11(9-29)37-19/h2-3,6-7,10-11,14-19,28-33H,1,4-5,8-9H2,(H,22,24,34)(H,23,25,35)/t10-,11-,14-,15-,16-,17-,18-,19-/m1/s1. The lowest BCUT2D eigenvalue weighted by atomic mass is 10.1. The number of nitrogens with one attached hydrogen (secondary N) is 2. The third-order valence-corrected chi connectivity index (χ3v) is 6.21. The fourth-order valence-electron chi connectivity index (χ4n) is 4.15. The number of rotatable bonds is 10. The van der Waals surface area contributed by atoms with Crippen molar-refractivity contribution in [1.29, 1.82) is 0 Å². The minimum Gasteiger partial charge on any atom is -0.394 e. The van der Waals surface area contributed by atoms with E-state index in [1.807, 2.05) is 0 Å². The van der Waals surface area contributed by atoms with Gasteiger partial charge in [-0.25, -0.2) is 9.59 Å². The number of anilines is 2. The fourth-order valence-corrected chi connectivity index (χ4v) is 4.15. The Balaban J connectivity index is 1.25. The monoisotopic (exact) mass is 526 g/mol. The molecule has 16 nitrogen and oxygen atoms in total. The summed E-state index contributed by atoms with van der Waals surface area (Å²) in [6, 6.07) is 3.01. The summed E-state index contributed by atoms with van der Waals surface area (Å²) in [7, 11) is 0. The third kappa shape index (κ3) is 5.65. The van der Waals surface area contributed by atoms with Crippen molar-refractivity contribution in [3.05, 3.63) is 45.5 Å². The fraction of sp³-hybridized carbons (Fsp3) is 0.619. The van der Waals surface area contributed by atoms with Gasteiger partial charge in [0.05, 0.1) is 13.2 Å². The molecule has 8 N–H and O–H groups in total. The number of hydrogen-bond donors (Lipinski definition) is 8. The molecule has 2 aromatic heterocycles. The molecule has 4 rings (SSSR count). The molecule has 16 heteroatoms. The van der Waals surface area contributed by atoms with Crippen LogP contribution in [0.4, 0.5) is 11.6 Å². The third-order valence-electron chi connectivity index (χ3n) is 6.21. The van der Waals surface area contributed by atoms with Gasteiger partial charge in [-0.15, -0.1) is 0 Å². The lowest BCUT2D eigenvalue weighted by molar-refractivity contribution is -0.0549. The van der Waals surface area contributed by atoms with Crippen molar-refractivity contribution in [3.63, 3.8) is 0 Å². The maximum Gasteiger partial charge on any atom is 0.351 e. The Morgan fingerprint density at radius 1 is 0.730 bits per heavy atom. The van der Waals surface area contributed by atoms with Crippen molar-refractivity contribution in [2.45, 2.75) is 55.5 Å². The second kappa shape index (κ2) is 11.6. The van der Waals surface area contributed by atoms with Crippen molar-refractivity contribution in [2.24, 2.45) is 0 Å². The molecule has 0 spiro atoms. The van der Waals surface area contributed by atoms with Crippen LogP contribution >= 0.6 is 0 Å². The topological polar surface area (TPSA) is 234 Å². The van der Waals surface area contributed by atoms with Crippen LogP contribution in [-0.2, 0) is 9.47 Å². The van der Waals surface area contributed by atoms with Gasteiger partial charge in [-0.1, -0.05) is 0 Å². The molecular weight excluding hydrogens is 496 g/mol. The first-order chi connectivity index (χ1) is 17.7. The molecule has 204 valence electrons. The second-order valence-corrected chi connectivity index (χ2v) is 8.67. The Morgan fingerprint density at radius 3 is 1.46 bits per heavy atom. The largest absolute Gasteiger partial charge is 0.394 e. The van der Waals surface area contributed by atoms with Gasteiger partial charge in [0.25, 0.3) is 0 Å². The van der Waals surface area contributed by atoms with E-state index in [9.17, 15) is 40.2 Å². The summed E-state index contributed by atoms with van der Waals surface area (Å²) < 4.78 is 12.7. The number of nitrogens with zero attached hydrogens (tertiary/aromatic N) is 4. The molecule has 2 saturated heterocycles. The van der Waals surface area contributed by atoms with Gasteiger partial charge in [-0.2, -0.15) is 9.97 Å². The smallest absolute Gasteiger partial charge is 0.351 e. The van der Waals surface area contributed by atoms with E-state index in [-0.39, 0.29) is 11.6 Å². The first kappa shape index (κ1) is 27.1. The van der Waals surface area contributed by atoms with Crippen molar-refractivity contribution in [2.75, 3.05) is 36.9 Å². The first-order valence-corrected chi connectivity index (χ1v) is 11.7. The first-order valence-electron chi connectivity index (χ1n) is 11.7. The minimum absolute atomic E-state index is 0.284. The molecule has 2 aliphatic rings. The quantitative estimate of drug-likeness (QED) is 0.138. The predicted octanol–water partition coefficient (Wildman–Crippen LogP) is -4.06. The van der Waals surface area contributed by atoms with Gasteiger partial charge < -0.3 is 50.7 Å². The molecule has 0 aliphatic carbocycles. The highest BCUT2D eigenvalue weighted by Gasteiger charge is 2.44. The van der Waals surface area contributed by atoms with Crippen molar-refractivity contribution in [3.8, 4) is 0 Å². The van der Waals surface area contributed by atoms with Gasteiger partial charge in [0.15, 0.2) is 12.5 Å². The molecular formula is C21H30N6O10. The molecule has 4 heterocycles. The molecule has 2 aliphatic heterocycles. The SMILES string of the molecule is O=c1nc(NCCCNc2ccn([C@@H]3O[C@H](CO)[C@@H](O)[C@H]3O)c(=O)n2)ccn1[C@@H]1O[C@H](CO)[C@@H](O)[C@H]1O. The molecule has 2 aromatic rings. The van der Waals surface area contributed by atoms with Crippen LogP contribution < -0.4 is 22.0 Å². The van der Waals surface area contributed by atoms with Crippen molar-refractivity contribution >= 4 is 11.6 Å². The number of aliphatic hydroxyl groups excluding tert-OH is 6. The number of ether oxygens (including phenoxy) is 2. The summed E-state index contributed by atoms with van der Waals surface area (Å²) in [4.78, 5) is 32.5. The Bertz CT molecular complexity index is 1090. The highest BCUT2D eigenvalue weighted by atomic mass is 16.6. The van der Waals surface area contributed by atoms with Crippen LogP contribution in [0, 0.1) is 0 Å². The van der Waals surface area contributed by atoms with E-state index in [4.69, 9.17) is 9.47 Å². The normalized spacial score (nSPS) is 31.5. The van der Waals surface area contributed by atoms with E-state index < -0.39 is 73.7 Å². The zero-order valence-electron chi connectivity index (χ0n) is 19.6. The zero-order chi connectivity index (χ0) is 26.7. The molecule has 0 amide bonds. The lowest BCUT2D eigenvalue weighted by Crippen LogP contribution is -2.36. The van der Waals surface area contributed by atoms with Crippen molar-refractivity contribution in [1.82, 2.24) is 19.1 Å². The van der Waals surface area contributed by atoms with Crippen LogP contribution in [0.25, 0.3) is 0 Å². The molecule has 0 aromatic carbocycles. The average Bonchev–Trinajstić information content (AvgIpc) is 3.33. The Kier molecular flexibility index (Phi) is 8.50. The summed E-state index contributed by atoms with van der Waals surface area (Å²) in [5, 5.41) is 64.2. The van der Waals surface area contributed by atoms with E-state index in [1.165, 1.54) is 24.5 Å². The summed E-state index contributed by atoms with van der Waals surface area (Å²) >= 11 is 0. The van der Waals surface area contributed by atoms with E-state index in [0.717, 1.165) is 9.13 Å². The molecule has 2 fully saturated rings. The molecule has 0 unspecified atom stereocenters. The summed E-state index contributed by atoms with van der Waals surface area (Å²) in [5.74, 6) is 0.569. The van der Waals surface area contributed by atoms with Crippen LogP contribution in [-0.4, -0.2) is 113 Å². The maximum absolute atomic E-state index is 12.3. The number of aliphatic hydroxyl groups is 6. The summed E-state index contributed by atoms with van der Waals surface area (Å²) in [5.41, 5.74) is -1.42. The highest BCUT2D eigenvalue weighted by molar-refractivity contribution is 5.33. The van der Waals surface area contributed by atoms with E-state index in [1.54, 1.807) is 0 Å². The maximum atomic E-state index is 12.3. The Labute approximate surface area is 209 Å². The van der Waals surface area contributed by atoms with Crippen LogP contribution in [0.15, 0.2) is 34.1 Å². The van der Waals surface area contributed by atoms with Gasteiger partial charge in [0.2, 0.25) is 0 Å². The van der Waals surface area contributed by atoms with Crippen LogP contribution in [0.1, 0.15) is 18.9 Å². The molecule has 0 radical (unpaired) electrons. The Hall–Kier alpha value is -2.96. The van der Waals surface area contributed by atoms with E-state index in [0.29, 0.717) is 19.5 Å². The molecule has 37 heavy (non-hydrogen) atoms. The highest BCUT2D eigenvalue weighted by Crippen LogP contribution is 2.29. The minimum atomic E-state index is -1.39. The molecule has 8 atom stereocenters. The zero-order valence-corrected chi connectivity index (χ0v) is 19.6. The number of hydrogen-bond acceptors (Lipinski definition) is 14. The van der Waals surface area contributed by atoms with Gasteiger partial charge >= 0.3 is 11.4 Å². The van der Waals surface area contributed by atoms with Crippen molar-refractivity contribution < 1.29 is 40.1 Å². The second-order valence-electron chi connectivity index (χ2n) is 8.67. The molecule has 0 bridgehead atoms. The molecule has 0 saturated carbocycles. The van der Waals surface area contributed by atoms with E-state index >= 15 is 0 Å². The van der Waals surface area contributed by atoms with Gasteiger partial charge in [-0.05, 0) is 18.6 Å². The predicted molar refractivity (Wildman–Crippen MR) is 125 cm³/mol. The summed E-state index contributed by atoms with van der Waals surface area (Å²) in [6.07, 6.45) is -6.51. The van der Waals surface area contributed by atoms with E-state index in [2.05, 4.69) is 20.6 Å². The van der Waals surface area contributed by atoms with Crippen LogP contribution in [0.5, 0.6) is 0 Å². The summed E-state index contributed by atoms with van der Waals surface area (Å²) in [6.45, 7) is -0.188. The Morgan fingerprint density at radius 2 is 1.14 bits per heavy atom. The average molecular weight is 527 g/mol.